The molecule has 0 N–H and O–H groups in total. The van der Waals surface area contributed by atoms with Gasteiger partial charge in [0.1, 0.15) is 5.69 Å². The van der Waals surface area contributed by atoms with E-state index in [1.165, 1.54) is 6.92 Å². The summed E-state index contributed by atoms with van der Waals surface area (Å²) in [5.41, 5.74) is 1.24. The van der Waals surface area contributed by atoms with E-state index in [9.17, 15) is 4.79 Å². The number of hydrogen-bond donors (Lipinski definition) is 0. The topological polar surface area (TPSA) is 47.8 Å². The van der Waals surface area contributed by atoms with Crippen LogP contribution in [0.4, 0.5) is 0 Å². The maximum atomic E-state index is 11.0. The summed E-state index contributed by atoms with van der Waals surface area (Å²) in [5.74, 6) is -0.0868. The molecule has 1 aromatic carbocycles. The fourth-order valence-electron chi connectivity index (χ4n) is 1.17. The van der Waals surface area contributed by atoms with Gasteiger partial charge in [0.2, 0.25) is 0 Å². The summed E-state index contributed by atoms with van der Waals surface area (Å²) in [4.78, 5) is 11.0. The Morgan fingerprint density at radius 3 is 2.87 bits per heavy atom. The molecule has 15 heavy (non-hydrogen) atoms. The molecule has 2 aromatic rings. The van der Waals surface area contributed by atoms with Crippen LogP contribution in [0.5, 0.6) is 0 Å². The number of nitrogens with zero attached hydrogens (tertiary/aromatic N) is 3. The van der Waals surface area contributed by atoms with Gasteiger partial charge in [0.15, 0.2) is 5.78 Å². The molecule has 1 heterocycles. The molecule has 0 saturated carbocycles. The highest BCUT2D eigenvalue weighted by Gasteiger charge is 2.06. The number of aromatic nitrogens is 3. The molecule has 0 unspecified atom stereocenters. The van der Waals surface area contributed by atoms with Gasteiger partial charge in [0, 0.05) is 11.4 Å². The molecule has 76 valence electrons. The summed E-state index contributed by atoms with van der Waals surface area (Å²) in [6.45, 7) is 1.47. The van der Waals surface area contributed by atoms with Crippen molar-refractivity contribution < 1.29 is 4.79 Å². The highest BCUT2D eigenvalue weighted by Crippen LogP contribution is 2.14. The van der Waals surface area contributed by atoms with Crippen LogP contribution in [0.25, 0.3) is 5.69 Å². The molecule has 0 spiro atoms. The third kappa shape index (κ3) is 2.12. The van der Waals surface area contributed by atoms with E-state index in [0.717, 1.165) is 10.2 Å². The van der Waals surface area contributed by atoms with E-state index < -0.39 is 0 Å². The van der Waals surface area contributed by atoms with Gasteiger partial charge in [0.05, 0.1) is 11.9 Å². The molecular formula is C10H8BrN3O. The maximum absolute atomic E-state index is 11.0. The van der Waals surface area contributed by atoms with Gasteiger partial charge in [-0.1, -0.05) is 27.2 Å². The van der Waals surface area contributed by atoms with Crippen molar-refractivity contribution in [2.75, 3.05) is 0 Å². The number of benzene rings is 1. The van der Waals surface area contributed by atoms with E-state index in [1.807, 2.05) is 24.3 Å². The molecule has 0 aliphatic rings. The molecule has 0 radical (unpaired) electrons. The Kier molecular flexibility index (Phi) is 2.64. The number of carbonyl (C=O) groups is 1. The van der Waals surface area contributed by atoms with Crippen LogP contribution < -0.4 is 0 Å². The molecule has 0 amide bonds. The van der Waals surface area contributed by atoms with Crippen molar-refractivity contribution in [3.05, 3.63) is 40.6 Å². The van der Waals surface area contributed by atoms with Crippen LogP contribution >= 0.6 is 15.9 Å². The lowest BCUT2D eigenvalue weighted by molar-refractivity contribution is 0.101. The first-order chi connectivity index (χ1) is 7.16. The summed E-state index contributed by atoms with van der Waals surface area (Å²) >= 11 is 3.37. The van der Waals surface area contributed by atoms with Crippen LogP contribution in [0, 0.1) is 0 Å². The van der Waals surface area contributed by atoms with Crippen LogP contribution in [0.3, 0.4) is 0 Å². The molecule has 0 aliphatic carbocycles. The lowest BCUT2D eigenvalue weighted by Crippen LogP contribution is -1.94. The van der Waals surface area contributed by atoms with Crippen molar-refractivity contribution in [2.24, 2.45) is 0 Å². The molecular weight excluding hydrogens is 258 g/mol. The smallest absolute Gasteiger partial charge is 0.181 e. The van der Waals surface area contributed by atoms with Gasteiger partial charge in [0.25, 0.3) is 0 Å². The zero-order valence-corrected chi connectivity index (χ0v) is 9.60. The first kappa shape index (κ1) is 10.0. The van der Waals surface area contributed by atoms with Crippen molar-refractivity contribution in [3.63, 3.8) is 0 Å². The van der Waals surface area contributed by atoms with E-state index in [0.29, 0.717) is 5.69 Å². The molecule has 0 aliphatic heterocycles. The molecule has 1 aromatic heterocycles. The first-order valence-electron chi connectivity index (χ1n) is 4.36. The molecule has 2 rings (SSSR count). The number of halogens is 1. The summed E-state index contributed by atoms with van der Waals surface area (Å²) in [7, 11) is 0. The predicted octanol–water partition coefficient (Wildman–Crippen LogP) is 2.23. The molecule has 0 fully saturated rings. The van der Waals surface area contributed by atoms with Crippen molar-refractivity contribution in [2.45, 2.75) is 6.92 Å². The highest BCUT2D eigenvalue weighted by atomic mass is 79.9. The standard InChI is InChI=1S/C10H8BrN3O/c1-7(15)10-6-14(13-12-10)9-4-2-3-8(11)5-9/h2-6H,1H3. The SMILES string of the molecule is CC(=O)c1cn(-c2cccc(Br)c2)nn1. The lowest BCUT2D eigenvalue weighted by atomic mass is 10.3. The molecule has 5 heteroatoms. The van der Waals surface area contributed by atoms with E-state index in [4.69, 9.17) is 0 Å². The van der Waals surface area contributed by atoms with Gasteiger partial charge >= 0.3 is 0 Å². The van der Waals surface area contributed by atoms with Crippen LogP contribution in [0.2, 0.25) is 0 Å². The summed E-state index contributed by atoms with van der Waals surface area (Å²) < 4.78 is 2.53. The van der Waals surface area contributed by atoms with Crippen LogP contribution in [-0.2, 0) is 0 Å². The second kappa shape index (κ2) is 3.94. The third-order valence-electron chi connectivity index (χ3n) is 1.93. The Balaban J connectivity index is 2.41. The van der Waals surface area contributed by atoms with Gasteiger partial charge in [-0.05, 0) is 18.2 Å². The second-order valence-electron chi connectivity index (χ2n) is 3.08. The number of carbonyl (C=O) groups excluding carboxylic acids is 1. The number of hydrogen-bond acceptors (Lipinski definition) is 3. The zero-order valence-electron chi connectivity index (χ0n) is 8.01. The third-order valence-corrected chi connectivity index (χ3v) is 2.42. The monoisotopic (exact) mass is 265 g/mol. The van der Waals surface area contributed by atoms with Crippen LogP contribution in [0.1, 0.15) is 17.4 Å². The fraction of sp³-hybridized carbons (Fsp3) is 0.100. The van der Waals surface area contributed by atoms with E-state index in [-0.39, 0.29) is 5.78 Å². The molecule has 4 nitrogen and oxygen atoms in total. The Hall–Kier alpha value is -1.49. The lowest BCUT2D eigenvalue weighted by Gasteiger charge is -1.99. The Morgan fingerprint density at radius 1 is 1.47 bits per heavy atom. The van der Waals surface area contributed by atoms with Gasteiger partial charge in [-0.25, -0.2) is 4.68 Å². The Morgan fingerprint density at radius 2 is 2.27 bits per heavy atom. The Labute approximate surface area is 95.0 Å². The van der Waals surface area contributed by atoms with Crippen molar-refractivity contribution in [1.29, 1.82) is 0 Å². The Bertz CT molecular complexity index is 507. The number of rotatable bonds is 2. The fourth-order valence-corrected chi connectivity index (χ4v) is 1.56. The summed E-state index contributed by atoms with van der Waals surface area (Å²) in [5, 5.41) is 7.64. The largest absolute Gasteiger partial charge is 0.293 e. The average molecular weight is 266 g/mol. The normalized spacial score (nSPS) is 10.3. The second-order valence-corrected chi connectivity index (χ2v) is 4.00. The first-order valence-corrected chi connectivity index (χ1v) is 5.15. The quantitative estimate of drug-likeness (QED) is 0.783. The summed E-state index contributed by atoms with van der Waals surface area (Å²) in [6, 6.07) is 7.61. The molecule has 0 saturated heterocycles. The number of ketones is 1. The highest BCUT2D eigenvalue weighted by molar-refractivity contribution is 9.10. The number of Topliss-reactive ketones (excluding diaryl/α,β-unsaturated/α-hetero) is 1. The average Bonchev–Trinajstić information content (AvgIpc) is 2.66. The van der Waals surface area contributed by atoms with Crippen molar-refractivity contribution in [3.8, 4) is 5.69 Å². The van der Waals surface area contributed by atoms with E-state index >= 15 is 0 Å². The molecule has 0 atom stereocenters. The maximum Gasteiger partial charge on any atom is 0.181 e. The van der Waals surface area contributed by atoms with Crippen molar-refractivity contribution >= 4 is 21.7 Å². The van der Waals surface area contributed by atoms with Crippen LogP contribution in [0.15, 0.2) is 34.9 Å². The minimum atomic E-state index is -0.0868. The van der Waals surface area contributed by atoms with Gasteiger partial charge in [-0.15, -0.1) is 5.10 Å². The minimum Gasteiger partial charge on any atom is -0.293 e. The molecule has 0 bridgehead atoms. The van der Waals surface area contributed by atoms with Gasteiger partial charge < -0.3 is 0 Å². The van der Waals surface area contributed by atoms with E-state index in [1.54, 1.807) is 10.9 Å². The van der Waals surface area contributed by atoms with E-state index in [2.05, 4.69) is 26.2 Å². The summed E-state index contributed by atoms with van der Waals surface area (Å²) in [6.07, 6.45) is 1.62. The predicted molar refractivity (Wildman–Crippen MR) is 59.1 cm³/mol. The van der Waals surface area contributed by atoms with Gasteiger partial charge in [-0.2, -0.15) is 0 Å². The minimum absolute atomic E-state index is 0.0868. The van der Waals surface area contributed by atoms with Crippen LogP contribution in [-0.4, -0.2) is 20.8 Å². The van der Waals surface area contributed by atoms with Crippen molar-refractivity contribution in [1.82, 2.24) is 15.0 Å². The van der Waals surface area contributed by atoms with Gasteiger partial charge in [-0.3, -0.25) is 4.79 Å². The zero-order chi connectivity index (χ0) is 10.8.